The SMILES string of the molecule is O=C(NCCc1cn2ccsc2n1)c1cn(Cc2cccc(C(F)(F)F)c2)nn1. The number of hydrogen-bond donors (Lipinski definition) is 1. The van der Waals surface area contributed by atoms with Crippen LogP contribution in [0.1, 0.15) is 27.3 Å². The Bertz CT molecular complexity index is 1120. The van der Waals surface area contributed by atoms with Crippen molar-refractivity contribution in [2.24, 2.45) is 0 Å². The van der Waals surface area contributed by atoms with E-state index in [0.717, 1.165) is 22.8 Å². The van der Waals surface area contributed by atoms with Gasteiger partial charge in [0.1, 0.15) is 0 Å². The Morgan fingerprint density at radius 1 is 1.24 bits per heavy atom. The zero-order chi connectivity index (χ0) is 20.4. The second-order valence-electron chi connectivity index (χ2n) is 6.33. The van der Waals surface area contributed by atoms with Gasteiger partial charge >= 0.3 is 6.18 Å². The highest BCUT2D eigenvalue weighted by molar-refractivity contribution is 7.15. The number of carbonyl (C=O) groups excluding carboxylic acids is 1. The highest BCUT2D eigenvalue weighted by Gasteiger charge is 2.30. The Morgan fingerprint density at radius 2 is 2.10 bits per heavy atom. The first-order chi connectivity index (χ1) is 13.9. The summed E-state index contributed by atoms with van der Waals surface area (Å²) in [5.41, 5.74) is 0.650. The van der Waals surface area contributed by atoms with Gasteiger partial charge in [0.05, 0.1) is 24.0 Å². The fourth-order valence-corrected chi connectivity index (χ4v) is 3.52. The molecule has 0 unspecified atom stereocenters. The maximum atomic E-state index is 12.8. The third-order valence-corrected chi connectivity index (χ3v) is 4.95. The van der Waals surface area contributed by atoms with E-state index in [1.54, 1.807) is 6.07 Å². The Hall–Kier alpha value is -3.21. The van der Waals surface area contributed by atoms with E-state index in [0.29, 0.717) is 18.5 Å². The molecule has 0 atom stereocenters. The molecule has 0 aliphatic heterocycles. The molecule has 4 rings (SSSR count). The molecule has 3 heterocycles. The Balaban J connectivity index is 1.33. The van der Waals surface area contributed by atoms with Crippen molar-refractivity contribution in [3.63, 3.8) is 0 Å². The van der Waals surface area contributed by atoms with Gasteiger partial charge in [-0.05, 0) is 17.7 Å². The second-order valence-corrected chi connectivity index (χ2v) is 7.20. The molecule has 0 aliphatic rings. The van der Waals surface area contributed by atoms with Gasteiger partial charge in [0, 0.05) is 30.7 Å². The maximum absolute atomic E-state index is 12.8. The third-order valence-electron chi connectivity index (χ3n) is 4.18. The van der Waals surface area contributed by atoms with Crippen molar-refractivity contribution in [3.05, 3.63) is 70.8 Å². The minimum Gasteiger partial charge on any atom is -0.350 e. The summed E-state index contributed by atoms with van der Waals surface area (Å²) in [5, 5.41) is 12.3. The number of aromatic nitrogens is 5. The predicted molar refractivity (Wildman–Crippen MR) is 99.7 cm³/mol. The van der Waals surface area contributed by atoms with E-state index in [-0.39, 0.29) is 12.2 Å². The number of nitrogens with one attached hydrogen (secondary N) is 1. The molecule has 0 radical (unpaired) electrons. The van der Waals surface area contributed by atoms with Crippen molar-refractivity contribution < 1.29 is 18.0 Å². The number of hydrogen-bond acceptors (Lipinski definition) is 5. The van der Waals surface area contributed by atoms with Gasteiger partial charge in [-0.25, -0.2) is 9.67 Å². The number of alkyl halides is 3. The molecular formula is C18H15F3N6OS. The van der Waals surface area contributed by atoms with E-state index in [1.807, 2.05) is 22.2 Å². The number of amides is 1. The summed E-state index contributed by atoms with van der Waals surface area (Å²) < 4.78 is 41.7. The van der Waals surface area contributed by atoms with Gasteiger partial charge in [-0.3, -0.25) is 9.20 Å². The topological polar surface area (TPSA) is 77.1 Å². The molecule has 0 bridgehead atoms. The first-order valence-electron chi connectivity index (χ1n) is 8.64. The summed E-state index contributed by atoms with van der Waals surface area (Å²) >= 11 is 1.53. The van der Waals surface area contributed by atoms with Crippen LogP contribution >= 0.6 is 11.3 Å². The minimum absolute atomic E-state index is 0.0790. The molecule has 0 fully saturated rings. The lowest BCUT2D eigenvalue weighted by Crippen LogP contribution is -2.26. The first kappa shape index (κ1) is 19.1. The summed E-state index contributed by atoms with van der Waals surface area (Å²) in [6, 6.07) is 4.96. The van der Waals surface area contributed by atoms with Crippen LogP contribution in [0, 0.1) is 0 Å². The number of rotatable bonds is 6. The average molecular weight is 420 g/mol. The minimum atomic E-state index is -4.41. The van der Waals surface area contributed by atoms with Crippen molar-refractivity contribution in [1.82, 2.24) is 29.7 Å². The fraction of sp³-hybridized carbons (Fsp3) is 0.222. The summed E-state index contributed by atoms with van der Waals surface area (Å²) in [6.07, 6.45) is 1.38. The zero-order valence-corrected chi connectivity index (χ0v) is 15.7. The van der Waals surface area contributed by atoms with Crippen LogP contribution < -0.4 is 5.32 Å². The monoisotopic (exact) mass is 420 g/mol. The molecule has 0 saturated carbocycles. The molecule has 0 spiro atoms. The molecule has 1 N–H and O–H groups in total. The second kappa shape index (κ2) is 7.66. The van der Waals surface area contributed by atoms with Crippen molar-refractivity contribution in [3.8, 4) is 0 Å². The lowest BCUT2D eigenvalue weighted by molar-refractivity contribution is -0.137. The van der Waals surface area contributed by atoms with E-state index >= 15 is 0 Å². The highest BCUT2D eigenvalue weighted by atomic mass is 32.1. The van der Waals surface area contributed by atoms with E-state index in [4.69, 9.17) is 0 Å². The highest BCUT2D eigenvalue weighted by Crippen LogP contribution is 2.29. The number of thiazole rings is 1. The van der Waals surface area contributed by atoms with Gasteiger partial charge < -0.3 is 5.32 Å². The lowest BCUT2D eigenvalue weighted by atomic mass is 10.1. The summed E-state index contributed by atoms with van der Waals surface area (Å²) in [5.74, 6) is -0.402. The van der Waals surface area contributed by atoms with Gasteiger partial charge in [-0.15, -0.1) is 16.4 Å². The van der Waals surface area contributed by atoms with Gasteiger partial charge in [-0.1, -0.05) is 17.3 Å². The van der Waals surface area contributed by atoms with Gasteiger partial charge in [0.25, 0.3) is 5.91 Å². The fourth-order valence-electron chi connectivity index (χ4n) is 2.80. The van der Waals surface area contributed by atoms with Gasteiger partial charge in [0.2, 0.25) is 0 Å². The van der Waals surface area contributed by atoms with Crippen LogP contribution in [0.5, 0.6) is 0 Å². The van der Waals surface area contributed by atoms with Crippen molar-refractivity contribution in [2.45, 2.75) is 19.1 Å². The van der Waals surface area contributed by atoms with E-state index < -0.39 is 17.6 Å². The van der Waals surface area contributed by atoms with E-state index in [2.05, 4.69) is 20.6 Å². The number of benzene rings is 1. The zero-order valence-electron chi connectivity index (χ0n) is 14.9. The molecule has 150 valence electrons. The normalized spacial score (nSPS) is 11.8. The standard InChI is InChI=1S/C18H15F3N6OS/c19-18(20,21)13-3-1-2-12(8-13)9-27-11-15(24-25-27)16(28)22-5-4-14-10-26-6-7-29-17(26)23-14/h1-3,6-8,10-11H,4-5,9H2,(H,22,28). The van der Waals surface area contributed by atoms with Crippen LogP contribution in [0.15, 0.2) is 48.2 Å². The van der Waals surface area contributed by atoms with Crippen molar-refractivity contribution in [2.75, 3.05) is 6.54 Å². The van der Waals surface area contributed by atoms with Crippen LogP contribution in [-0.4, -0.2) is 36.8 Å². The van der Waals surface area contributed by atoms with Crippen LogP contribution in [0.2, 0.25) is 0 Å². The largest absolute Gasteiger partial charge is 0.416 e. The first-order valence-corrected chi connectivity index (χ1v) is 9.52. The smallest absolute Gasteiger partial charge is 0.350 e. The molecule has 3 aromatic heterocycles. The number of nitrogens with zero attached hydrogens (tertiary/aromatic N) is 5. The number of fused-ring (bicyclic) bond motifs is 1. The van der Waals surface area contributed by atoms with Crippen molar-refractivity contribution >= 4 is 22.2 Å². The molecule has 1 aromatic carbocycles. The summed E-state index contributed by atoms with van der Waals surface area (Å²) in [6.45, 7) is 0.458. The number of carbonyl (C=O) groups is 1. The number of imidazole rings is 1. The molecule has 11 heteroatoms. The molecule has 0 saturated heterocycles. The quantitative estimate of drug-likeness (QED) is 0.520. The molecule has 0 aliphatic carbocycles. The predicted octanol–water partition coefficient (Wildman–Crippen LogP) is 3.03. The summed E-state index contributed by atoms with van der Waals surface area (Å²) in [4.78, 5) is 17.5. The van der Waals surface area contributed by atoms with Gasteiger partial charge in [-0.2, -0.15) is 13.2 Å². The molecule has 29 heavy (non-hydrogen) atoms. The Labute approximate surface area is 166 Å². The van der Waals surface area contributed by atoms with Crippen LogP contribution in [-0.2, 0) is 19.1 Å². The molecular weight excluding hydrogens is 405 g/mol. The van der Waals surface area contributed by atoms with Gasteiger partial charge in [0.15, 0.2) is 10.7 Å². The van der Waals surface area contributed by atoms with Crippen molar-refractivity contribution in [1.29, 1.82) is 0 Å². The maximum Gasteiger partial charge on any atom is 0.416 e. The Kier molecular flexibility index (Phi) is 5.05. The van der Waals surface area contributed by atoms with Crippen LogP contribution in [0.4, 0.5) is 13.2 Å². The molecule has 1 amide bonds. The average Bonchev–Trinajstić information content (AvgIpc) is 3.37. The Morgan fingerprint density at radius 3 is 2.90 bits per heavy atom. The third kappa shape index (κ3) is 4.45. The lowest BCUT2D eigenvalue weighted by Gasteiger charge is -2.08. The molecule has 4 aromatic rings. The van der Waals surface area contributed by atoms with Crippen LogP contribution in [0.3, 0.4) is 0 Å². The van der Waals surface area contributed by atoms with E-state index in [1.165, 1.54) is 28.3 Å². The van der Waals surface area contributed by atoms with E-state index in [9.17, 15) is 18.0 Å². The molecule has 7 nitrogen and oxygen atoms in total. The summed E-state index contributed by atoms with van der Waals surface area (Å²) in [7, 11) is 0. The number of halogens is 3. The van der Waals surface area contributed by atoms with Crippen LogP contribution in [0.25, 0.3) is 4.96 Å².